The van der Waals surface area contributed by atoms with E-state index in [-0.39, 0.29) is 19.1 Å². The largest absolute Gasteiger partial charge is 0.486 e. The molecule has 1 N–H and O–H groups in total. The second-order valence-electron chi connectivity index (χ2n) is 7.94. The van der Waals surface area contributed by atoms with Crippen LogP contribution in [0.25, 0.3) is 0 Å². The zero-order valence-corrected chi connectivity index (χ0v) is 19.8. The summed E-state index contributed by atoms with van der Waals surface area (Å²) in [6, 6.07) is 19.5. The van der Waals surface area contributed by atoms with E-state index in [4.69, 9.17) is 14.2 Å². The van der Waals surface area contributed by atoms with Crippen LogP contribution in [0, 0.1) is 6.92 Å². The highest BCUT2D eigenvalue weighted by molar-refractivity contribution is 7.92. The van der Waals surface area contributed by atoms with Gasteiger partial charge in [-0.1, -0.05) is 29.8 Å². The second-order valence-corrected chi connectivity index (χ2v) is 9.85. The molecule has 0 unspecified atom stereocenters. The Morgan fingerprint density at radius 3 is 2.32 bits per heavy atom. The van der Waals surface area contributed by atoms with Crippen molar-refractivity contribution in [1.82, 2.24) is 0 Å². The zero-order valence-electron chi connectivity index (χ0n) is 19.0. The summed E-state index contributed by atoms with van der Waals surface area (Å²) in [5.41, 5.74) is 3.07. The van der Waals surface area contributed by atoms with E-state index in [9.17, 15) is 13.2 Å². The fourth-order valence-corrected chi connectivity index (χ4v) is 4.32. The number of hydrogen-bond donors (Lipinski definition) is 1. The predicted octanol–water partition coefficient (Wildman–Crippen LogP) is 3.75. The molecule has 34 heavy (non-hydrogen) atoms. The lowest BCUT2D eigenvalue weighted by atomic mass is 10.1. The molecule has 0 radical (unpaired) electrons. The van der Waals surface area contributed by atoms with Crippen LogP contribution in [0.3, 0.4) is 0 Å². The third-order valence-corrected chi connectivity index (χ3v) is 6.31. The molecule has 4 rings (SSSR count). The number of benzene rings is 3. The van der Waals surface area contributed by atoms with Gasteiger partial charge in [0.15, 0.2) is 18.1 Å². The second kappa shape index (κ2) is 10.0. The molecular weight excluding hydrogens is 456 g/mol. The van der Waals surface area contributed by atoms with Gasteiger partial charge in [0, 0.05) is 11.8 Å². The predicted molar refractivity (Wildman–Crippen MR) is 130 cm³/mol. The summed E-state index contributed by atoms with van der Waals surface area (Å²) in [5, 5.41) is 2.76. The normalized spacial score (nSPS) is 12.6. The fraction of sp³-hybridized carbons (Fsp3) is 0.240. The summed E-state index contributed by atoms with van der Waals surface area (Å²) < 4.78 is 42.7. The van der Waals surface area contributed by atoms with Crippen LogP contribution in [0.15, 0.2) is 66.7 Å². The molecule has 0 saturated carbocycles. The molecular formula is C25H26N2O6S. The van der Waals surface area contributed by atoms with Gasteiger partial charge in [-0.15, -0.1) is 0 Å². The minimum absolute atomic E-state index is 0.201. The first-order valence-corrected chi connectivity index (χ1v) is 12.6. The van der Waals surface area contributed by atoms with Gasteiger partial charge in [-0.3, -0.25) is 9.10 Å². The lowest BCUT2D eigenvalue weighted by molar-refractivity contribution is -0.118. The number of nitrogens with one attached hydrogen (secondary N) is 1. The van der Waals surface area contributed by atoms with Gasteiger partial charge in [0.05, 0.1) is 18.5 Å². The molecule has 1 aliphatic heterocycles. The number of nitrogens with zero attached hydrogens (tertiary/aromatic N) is 1. The van der Waals surface area contributed by atoms with E-state index in [1.807, 2.05) is 31.2 Å². The average molecular weight is 483 g/mol. The van der Waals surface area contributed by atoms with Gasteiger partial charge in [0.25, 0.3) is 5.91 Å². The SMILES string of the molecule is Cc1ccc(CN(c2ccc(OCC(=O)Nc3ccc4c(c3)OCCO4)cc2)S(C)(=O)=O)cc1. The highest BCUT2D eigenvalue weighted by atomic mass is 32.2. The molecule has 3 aromatic carbocycles. The summed E-state index contributed by atoms with van der Waals surface area (Å²) in [5.74, 6) is 1.34. The first-order chi connectivity index (χ1) is 16.3. The lowest BCUT2D eigenvalue weighted by Gasteiger charge is -2.23. The van der Waals surface area contributed by atoms with E-state index in [0.29, 0.717) is 41.8 Å². The van der Waals surface area contributed by atoms with E-state index < -0.39 is 10.0 Å². The van der Waals surface area contributed by atoms with Gasteiger partial charge in [-0.25, -0.2) is 8.42 Å². The number of aryl methyl sites for hydroxylation is 1. The first-order valence-electron chi connectivity index (χ1n) is 10.7. The molecule has 0 bridgehead atoms. The van der Waals surface area contributed by atoms with Crippen LogP contribution in [-0.4, -0.2) is 40.4 Å². The van der Waals surface area contributed by atoms with E-state index in [2.05, 4.69) is 5.32 Å². The maximum absolute atomic E-state index is 12.4. The Bertz CT molecular complexity index is 1260. The van der Waals surface area contributed by atoms with Crippen LogP contribution < -0.4 is 23.8 Å². The number of fused-ring (bicyclic) bond motifs is 1. The number of hydrogen-bond acceptors (Lipinski definition) is 6. The van der Waals surface area contributed by atoms with Crippen LogP contribution in [0.1, 0.15) is 11.1 Å². The summed E-state index contributed by atoms with van der Waals surface area (Å²) in [6.45, 7) is 2.96. The van der Waals surface area contributed by atoms with Crippen molar-refractivity contribution in [1.29, 1.82) is 0 Å². The number of carbonyl (C=O) groups is 1. The Balaban J connectivity index is 1.36. The van der Waals surface area contributed by atoms with Crippen molar-refractivity contribution in [3.63, 3.8) is 0 Å². The van der Waals surface area contributed by atoms with Gasteiger partial charge in [0.2, 0.25) is 10.0 Å². The summed E-state index contributed by atoms with van der Waals surface area (Å²) in [7, 11) is -3.50. The third kappa shape index (κ3) is 5.99. The summed E-state index contributed by atoms with van der Waals surface area (Å²) in [6.07, 6.45) is 1.17. The molecule has 0 saturated heterocycles. The molecule has 1 aliphatic rings. The third-order valence-electron chi connectivity index (χ3n) is 5.17. The van der Waals surface area contributed by atoms with Crippen molar-refractivity contribution in [2.45, 2.75) is 13.5 Å². The highest BCUT2D eigenvalue weighted by Gasteiger charge is 2.18. The molecule has 178 valence electrons. The van der Waals surface area contributed by atoms with Crippen LogP contribution in [-0.2, 0) is 21.4 Å². The Hall–Kier alpha value is -3.72. The molecule has 3 aromatic rings. The van der Waals surface area contributed by atoms with Gasteiger partial charge >= 0.3 is 0 Å². The average Bonchev–Trinajstić information content (AvgIpc) is 2.82. The summed E-state index contributed by atoms with van der Waals surface area (Å²) >= 11 is 0. The van der Waals surface area contributed by atoms with Crippen molar-refractivity contribution in [3.8, 4) is 17.2 Å². The quantitative estimate of drug-likeness (QED) is 0.526. The van der Waals surface area contributed by atoms with Crippen molar-refractivity contribution in [2.75, 3.05) is 35.7 Å². The number of carbonyl (C=O) groups excluding carboxylic acids is 1. The number of rotatable bonds is 8. The molecule has 8 nitrogen and oxygen atoms in total. The standard InChI is InChI=1S/C25H26N2O6S/c1-18-3-5-19(6-4-18)16-27(34(2,29)30)21-8-10-22(11-9-21)33-17-25(28)26-20-7-12-23-24(15-20)32-14-13-31-23/h3-12,15H,13-14,16-17H2,1-2H3,(H,26,28). The Labute approximate surface area is 199 Å². The summed E-state index contributed by atoms with van der Waals surface area (Å²) in [4.78, 5) is 12.3. The Kier molecular flexibility index (Phi) is 6.93. The maximum atomic E-state index is 12.4. The topological polar surface area (TPSA) is 94.2 Å². The van der Waals surface area contributed by atoms with Crippen molar-refractivity contribution in [3.05, 3.63) is 77.9 Å². The van der Waals surface area contributed by atoms with Crippen LogP contribution in [0.5, 0.6) is 17.2 Å². The molecule has 0 atom stereocenters. The fourth-order valence-electron chi connectivity index (χ4n) is 3.44. The molecule has 0 fully saturated rings. The minimum Gasteiger partial charge on any atom is -0.486 e. The molecule has 1 heterocycles. The van der Waals surface area contributed by atoms with Crippen LogP contribution >= 0.6 is 0 Å². The van der Waals surface area contributed by atoms with E-state index in [1.54, 1.807) is 42.5 Å². The van der Waals surface area contributed by atoms with Crippen molar-refractivity contribution in [2.24, 2.45) is 0 Å². The molecule has 0 aromatic heterocycles. The molecule has 0 spiro atoms. The molecule has 1 amide bonds. The Morgan fingerprint density at radius 2 is 1.65 bits per heavy atom. The lowest BCUT2D eigenvalue weighted by Crippen LogP contribution is -2.29. The highest BCUT2D eigenvalue weighted by Crippen LogP contribution is 2.32. The van der Waals surface area contributed by atoms with Gasteiger partial charge in [-0.2, -0.15) is 0 Å². The first kappa shape index (κ1) is 23.4. The van der Waals surface area contributed by atoms with Crippen molar-refractivity contribution >= 4 is 27.3 Å². The minimum atomic E-state index is -3.50. The van der Waals surface area contributed by atoms with E-state index in [1.165, 1.54) is 10.6 Å². The molecule has 9 heteroatoms. The van der Waals surface area contributed by atoms with Gasteiger partial charge in [0.1, 0.15) is 19.0 Å². The molecule has 0 aliphatic carbocycles. The van der Waals surface area contributed by atoms with E-state index in [0.717, 1.165) is 11.1 Å². The van der Waals surface area contributed by atoms with Crippen LogP contribution in [0.2, 0.25) is 0 Å². The van der Waals surface area contributed by atoms with Gasteiger partial charge < -0.3 is 19.5 Å². The number of ether oxygens (including phenoxy) is 3. The van der Waals surface area contributed by atoms with E-state index >= 15 is 0 Å². The van der Waals surface area contributed by atoms with Gasteiger partial charge in [-0.05, 0) is 48.9 Å². The van der Waals surface area contributed by atoms with Crippen LogP contribution in [0.4, 0.5) is 11.4 Å². The van der Waals surface area contributed by atoms with Crippen molar-refractivity contribution < 1.29 is 27.4 Å². The number of anilines is 2. The number of sulfonamides is 1. The smallest absolute Gasteiger partial charge is 0.262 e. The number of amides is 1. The Morgan fingerprint density at radius 1 is 0.971 bits per heavy atom. The zero-order chi connectivity index (χ0) is 24.1. The maximum Gasteiger partial charge on any atom is 0.262 e. The monoisotopic (exact) mass is 482 g/mol.